The predicted molar refractivity (Wildman–Crippen MR) is 84.5 cm³/mol. The zero-order valence-corrected chi connectivity index (χ0v) is 13.1. The number of aryl methyl sites for hydroxylation is 3. The Hall–Kier alpha value is -2.16. The highest BCUT2D eigenvalue weighted by Gasteiger charge is 2.14. The van der Waals surface area contributed by atoms with Gasteiger partial charge in [0, 0.05) is 5.56 Å². The molecule has 0 atom stereocenters. The fourth-order valence-corrected chi connectivity index (χ4v) is 2.23. The van der Waals surface area contributed by atoms with Crippen molar-refractivity contribution in [3.05, 3.63) is 52.7 Å². The van der Waals surface area contributed by atoms with Gasteiger partial charge >= 0.3 is 5.97 Å². The fourth-order valence-electron chi connectivity index (χ4n) is 2.23. The Bertz CT molecular complexity index is 662. The lowest BCUT2D eigenvalue weighted by molar-refractivity contribution is 0.0524. The molecule has 1 heterocycles. The Kier molecular flexibility index (Phi) is 4.73. The first-order chi connectivity index (χ1) is 10.1. The average Bonchev–Trinajstić information content (AvgIpc) is 2.49. The van der Waals surface area contributed by atoms with Gasteiger partial charge in [0.1, 0.15) is 0 Å². The van der Waals surface area contributed by atoms with Gasteiger partial charge in [-0.05, 0) is 56.5 Å². The van der Waals surface area contributed by atoms with Crippen molar-refractivity contribution in [3.63, 3.8) is 0 Å². The van der Waals surface area contributed by atoms with E-state index in [2.05, 4.69) is 37.0 Å². The number of benzene rings is 1. The van der Waals surface area contributed by atoms with Crippen molar-refractivity contribution in [1.82, 2.24) is 4.98 Å². The summed E-state index contributed by atoms with van der Waals surface area (Å²) in [7, 11) is 0. The smallest absolute Gasteiger partial charge is 0.339 e. The number of nitrogens with zero attached hydrogens (tertiary/aromatic N) is 1. The molecule has 1 aromatic heterocycles. The molecule has 0 bridgehead atoms. The van der Waals surface area contributed by atoms with Gasteiger partial charge in [0.2, 0.25) is 0 Å². The van der Waals surface area contributed by atoms with Crippen LogP contribution in [0.4, 0.5) is 0 Å². The number of carbonyl (C=O) groups excluding carboxylic acids is 1. The first kappa shape index (κ1) is 15.2. The summed E-state index contributed by atoms with van der Waals surface area (Å²) in [6.45, 7) is 8.36. The molecule has 0 N–H and O–H groups in total. The van der Waals surface area contributed by atoms with Crippen molar-refractivity contribution in [2.75, 3.05) is 6.61 Å². The van der Waals surface area contributed by atoms with Gasteiger partial charge in [0.25, 0.3) is 0 Å². The Morgan fingerprint density at radius 1 is 1.10 bits per heavy atom. The zero-order chi connectivity index (χ0) is 15.4. The lowest BCUT2D eigenvalue weighted by Gasteiger charge is -2.10. The summed E-state index contributed by atoms with van der Waals surface area (Å²) in [6, 6.07) is 9.98. The summed E-state index contributed by atoms with van der Waals surface area (Å²) in [6.07, 6.45) is 0.701. The Labute approximate surface area is 126 Å². The summed E-state index contributed by atoms with van der Waals surface area (Å²) < 4.78 is 5.07. The third-order valence-electron chi connectivity index (χ3n) is 3.61. The van der Waals surface area contributed by atoms with Crippen LogP contribution in [-0.4, -0.2) is 17.6 Å². The fraction of sp³-hybridized carbons (Fsp3) is 0.333. The Balaban J connectivity index is 2.42. The number of esters is 1. The largest absolute Gasteiger partial charge is 0.462 e. The predicted octanol–water partition coefficient (Wildman–Crippen LogP) is 4.10. The van der Waals surface area contributed by atoms with Gasteiger partial charge in [0.15, 0.2) is 0 Å². The normalized spacial score (nSPS) is 10.5. The van der Waals surface area contributed by atoms with Crippen LogP contribution in [0.15, 0.2) is 30.3 Å². The maximum absolute atomic E-state index is 11.9. The van der Waals surface area contributed by atoms with Crippen LogP contribution in [0.5, 0.6) is 0 Å². The molecular formula is C18H21NO2. The summed E-state index contributed by atoms with van der Waals surface area (Å²) in [5.41, 5.74) is 5.81. The van der Waals surface area contributed by atoms with E-state index in [4.69, 9.17) is 4.74 Å². The Morgan fingerprint density at radius 2 is 1.86 bits per heavy atom. The molecular weight excluding hydrogens is 262 g/mol. The van der Waals surface area contributed by atoms with Gasteiger partial charge in [0.05, 0.1) is 23.6 Å². The van der Waals surface area contributed by atoms with Crippen LogP contribution >= 0.6 is 0 Å². The van der Waals surface area contributed by atoms with E-state index < -0.39 is 0 Å². The molecule has 0 saturated heterocycles. The third kappa shape index (κ3) is 3.30. The second-order valence-electron chi connectivity index (χ2n) is 5.06. The van der Waals surface area contributed by atoms with Gasteiger partial charge in [-0.3, -0.25) is 4.98 Å². The lowest BCUT2D eigenvalue weighted by atomic mass is 10.0. The van der Waals surface area contributed by atoms with E-state index in [9.17, 15) is 4.79 Å². The highest BCUT2D eigenvalue weighted by molar-refractivity contribution is 5.91. The molecule has 2 aromatic rings. The highest BCUT2D eigenvalue weighted by atomic mass is 16.5. The van der Waals surface area contributed by atoms with E-state index in [-0.39, 0.29) is 5.97 Å². The number of rotatable bonds is 4. The first-order valence-electron chi connectivity index (χ1n) is 7.31. The molecule has 3 nitrogen and oxygen atoms in total. The number of hydrogen-bond donors (Lipinski definition) is 0. The van der Waals surface area contributed by atoms with E-state index >= 15 is 0 Å². The topological polar surface area (TPSA) is 39.2 Å². The number of hydrogen-bond acceptors (Lipinski definition) is 3. The van der Waals surface area contributed by atoms with Crippen LogP contribution in [0.2, 0.25) is 0 Å². The molecule has 0 spiro atoms. The van der Waals surface area contributed by atoms with Gasteiger partial charge in [-0.15, -0.1) is 0 Å². The minimum atomic E-state index is -0.298. The number of pyridine rings is 1. The Morgan fingerprint density at radius 3 is 2.48 bits per heavy atom. The van der Waals surface area contributed by atoms with E-state index in [1.54, 1.807) is 6.92 Å². The zero-order valence-electron chi connectivity index (χ0n) is 13.1. The van der Waals surface area contributed by atoms with Crippen LogP contribution in [0, 0.1) is 13.8 Å². The van der Waals surface area contributed by atoms with Gasteiger partial charge in [-0.25, -0.2) is 4.79 Å². The first-order valence-corrected chi connectivity index (χ1v) is 7.31. The SMILES string of the molecule is CCOC(=O)c1ccc(-c2ccc(C)c(C)c2)nc1CC. The standard InChI is InChI=1S/C18H21NO2/c1-5-16-15(18(20)21-6-2)9-10-17(19-16)14-8-7-12(3)13(4)11-14/h7-11H,5-6H2,1-4H3. The summed E-state index contributed by atoms with van der Waals surface area (Å²) in [4.78, 5) is 16.5. The molecule has 1 aromatic carbocycles. The summed E-state index contributed by atoms with van der Waals surface area (Å²) in [5, 5.41) is 0. The van der Waals surface area contributed by atoms with Crippen molar-refractivity contribution < 1.29 is 9.53 Å². The molecule has 3 heteroatoms. The molecule has 0 radical (unpaired) electrons. The number of aromatic nitrogens is 1. The molecule has 110 valence electrons. The molecule has 0 aliphatic carbocycles. The average molecular weight is 283 g/mol. The van der Waals surface area contributed by atoms with Crippen molar-refractivity contribution >= 4 is 5.97 Å². The number of ether oxygens (including phenoxy) is 1. The minimum absolute atomic E-state index is 0.298. The van der Waals surface area contributed by atoms with Crippen molar-refractivity contribution in [1.29, 1.82) is 0 Å². The molecule has 0 unspecified atom stereocenters. The lowest BCUT2D eigenvalue weighted by Crippen LogP contribution is -2.09. The highest BCUT2D eigenvalue weighted by Crippen LogP contribution is 2.22. The molecule has 0 saturated carbocycles. The monoisotopic (exact) mass is 283 g/mol. The summed E-state index contributed by atoms with van der Waals surface area (Å²) in [5.74, 6) is -0.298. The van der Waals surface area contributed by atoms with Crippen LogP contribution in [0.3, 0.4) is 0 Å². The van der Waals surface area contributed by atoms with Crippen LogP contribution < -0.4 is 0 Å². The van der Waals surface area contributed by atoms with E-state index in [1.807, 2.05) is 19.1 Å². The van der Waals surface area contributed by atoms with E-state index in [0.29, 0.717) is 18.6 Å². The maximum Gasteiger partial charge on any atom is 0.339 e. The van der Waals surface area contributed by atoms with Crippen LogP contribution in [-0.2, 0) is 11.2 Å². The van der Waals surface area contributed by atoms with Crippen molar-refractivity contribution in [2.24, 2.45) is 0 Å². The second kappa shape index (κ2) is 6.53. The third-order valence-corrected chi connectivity index (χ3v) is 3.61. The molecule has 0 fully saturated rings. The summed E-state index contributed by atoms with van der Waals surface area (Å²) >= 11 is 0. The minimum Gasteiger partial charge on any atom is -0.462 e. The van der Waals surface area contributed by atoms with Crippen molar-refractivity contribution in [3.8, 4) is 11.3 Å². The van der Waals surface area contributed by atoms with E-state index in [0.717, 1.165) is 17.0 Å². The molecule has 0 amide bonds. The molecule has 0 aliphatic heterocycles. The maximum atomic E-state index is 11.9. The number of carbonyl (C=O) groups is 1. The molecule has 2 rings (SSSR count). The van der Waals surface area contributed by atoms with Crippen LogP contribution in [0.1, 0.15) is 41.0 Å². The van der Waals surface area contributed by atoms with Gasteiger partial charge in [-0.1, -0.05) is 19.1 Å². The quantitative estimate of drug-likeness (QED) is 0.793. The van der Waals surface area contributed by atoms with Gasteiger partial charge < -0.3 is 4.74 Å². The molecule has 0 aliphatic rings. The second-order valence-corrected chi connectivity index (χ2v) is 5.06. The van der Waals surface area contributed by atoms with Crippen molar-refractivity contribution in [2.45, 2.75) is 34.1 Å². The molecule has 21 heavy (non-hydrogen) atoms. The van der Waals surface area contributed by atoms with Crippen LogP contribution in [0.25, 0.3) is 11.3 Å². The van der Waals surface area contributed by atoms with E-state index in [1.165, 1.54) is 11.1 Å². The van der Waals surface area contributed by atoms with Gasteiger partial charge in [-0.2, -0.15) is 0 Å².